The molecular formula is C20H21NO5S. The van der Waals surface area contributed by atoms with Gasteiger partial charge in [-0.05, 0) is 50.1 Å². The summed E-state index contributed by atoms with van der Waals surface area (Å²) in [5.41, 5.74) is 2.11. The first-order valence-corrected chi connectivity index (χ1v) is 10.1. The van der Waals surface area contributed by atoms with Crippen LogP contribution in [0.4, 0.5) is 0 Å². The van der Waals surface area contributed by atoms with Crippen LogP contribution in [0.3, 0.4) is 0 Å². The van der Waals surface area contributed by atoms with E-state index >= 15 is 0 Å². The molecule has 3 rings (SSSR count). The van der Waals surface area contributed by atoms with Gasteiger partial charge in [-0.25, -0.2) is 12.4 Å². The van der Waals surface area contributed by atoms with Crippen LogP contribution in [0.25, 0.3) is 10.9 Å². The minimum Gasteiger partial charge on any atom is -0.494 e. The number of aliphatic carboxylic acids is 1. The first-order chi connectivity index (χ1) is 12.8. The Morgan fingerprint density at radius 2 is 1.85 bits per heavy atom. The second-order valence-electron chi connectivity index (χ2n) is 6.27. The van der Waals surface area contributed by atoms with E-state index in [1.807, 2.05) is 13.8 Å². The first-order valence-electron chi connectivity index (χ1n) is 8.63. The average molecular weight is 387 g/mol. The molecule has 0 amide bonds. The lowest BCUT2D eigenvalue weighted by Gasteiger charge is -2.09. The second-order valence-corrected chi connectivity index (χ2v) is 8.09. The van der Waals surface area contributed by atoms with Gasteiger partial charge in [0.15, 0.2) is 0 Å². The van der Waals surface area contributed by atoms with Gasteiger partial charge in [0, 0.05) is 24.1 Å². The molecule has 3 aromatic rings. The van der Waals surface area contributed by atoms with E-state index in [9.17, 15) is 13.2 Å². The predicted molar refractivity (Wildman–Crippen MR) is 103 cm³/mol. The number of carboxylic acids is 1. The fourth-order valence-corrected chi connectivity index (χ4v) is 4.35. The van der Waals surface area contributed by atoms with Crippen molar-refractivity contribution in [3.8, 4) is 5.75 Å². The second kappa shape index (κ2) is 7.44. The van der Waals surface area contributed by atoms with Crippen molar-refractivity contribution in [3.05, 3.63) is 59.8 Å². The molecule has 0 aliphatic carbocycles. The third-order valence-corrected chi connectivity index (χ3v) is 6.01. The molecule has 142 valence electrons. The van der Waals surface area contributed by atoms with Gasteiger partial charge in [-0.3, -0.25) is 4.79 Å². The molecule has 0 saturated heterocycles. The fraction of sp³-hybridized carbons (Fsp3) is 0.250. The Morgan fingerprint density at radius 3 is 2.48 bits per heavy atom. The Bertz CT molecular complexity index is 1080. The number of ether oxygens (including phenoxy) is 1. The maximum absolute atomic E-state index is 13.2. The number of fused-ring (bicyclic) bond motifs is 1. The summed E-state index contributed by atoms with van der Waals surface area (Å²) in [6.45, 7) is 4.20. The van der Waals surface area contributed by atoms with E-state index in [2.05, 4.69) is 0 Å². The minimum absolute atomic E-state index is 0.0725. The molecule has 0 aliphatic heterocycles. The topological polar surface area (TPSA) is 85.6 Å². The Balaban J connectivity index is 2.18. The highest BCUT2D eigenvalue weighted by atomic mass is 32.2. The zero-order valence-corrected chi connectivity index (χ0v) is 16.0. The molecule has 0 atom stereocenters. The zero-order chi connectivity index (χ0) is 19.6. The van der Waals surface area contributed by atoms with Crippen LogP contribution in [0.2, 0.25) is 0 Å². The molecule has 1 N–H and O–H groups in total. The lowest BCUT2D eigenvalue weighted by Crippen LogP contribution is -2.12. The molecule has 0 aliphatic rings. The van der Waals surface area contributed by atoms with Crippen molar-refractivity contribution in [1.82, 2.24) is 3.97 Å². The van der Waals surface area contributed by atoms with Crippen molar-refractivity contribution in [2.45, 2.75) is 31.6 Å². The summed E-state index contributed by atoms with van der Waals surface area (Å²) in [6.07, 6.45) is 1.69. The summed E-state index contributed by atoms with van der Waals surface area (Å²) in [5.74, 6) is -0.364. The molecule has 0 saturated carbocycles. The van der Waals surface area contributed by atoms with E-state index in [0.717, 1.165) is 5.56 Å². The summed E-state index contributed by atoms with van der Waals surface area (Å²) in [5, 5.41) is 9.69. The predicted octanol–water partition coefficient (Wildman–Crippen LogP) is 3.60. The van der Waals surface area contributed by atoms with E-state index in [0.29, 0.717) is 28.8 Å². The van der Waals surface area contributed by atoms with Crippen molar-refractivity contribution in [2.24, 2.45) is 0 Å². The Labute approximate surface area is 158 Å². The highest BCUT2D eigenvalue weighted by Gasteiger charge is 2.22. The number of aromatic nitrogens is 1. The number of hydrogen-bond acceptors (Lipinski definition) is 4. The van der Waals surface area contributed by atoms with Crippen molar-refractivity contribution in [2.75, 3.05) is 6.61 Å². The molecule has 1 heterocycles. The molecule has 0 bridgehead atoms. The SMILES string of the molecule is CCOc1ccc2c(CCC(=O)O)cn(S(=O)(=O)c3ccc(C)cc3)c2c1. The van der Waals surface area contributed by atoms with Crippen molar-refractivity contribution >= 4 is 26.9 Å². The zero-order valence-electron chi connectivity index (χ0n) is 15.2. The van der Waals surface area contributed by atoms with Crippen molar-refractivity contribution in [1.29, 1.82) is 0 Å². The standard InChI is InChI=1S/C20H21NO5S/c1-3-26-16-7-10-18-15(6-11-20(22)23)13-21(19(18)12-16)27(24,25)17-8-4-14(2)5-9-17/h4-5,7-10,12-13H,3,6,11H2,1-2H3,(H,22,23). The average Bonchev–Trinajstić information content (AvgIpc) is 2.99. The van der Waals surface area contributed by atoms with Crippen LogP contribution < -0.4 is 4.74 Å². The molecule has 27 heavy (non-hydrogen) atoms. The molecule has 7 heteroatoms. The monoisotopic (exact) mass is 387 g/mol. The smallest absolute Gasteiger partial charge is 0.303 e. The minimum atomic E-state index is -3.82. The summed E-state index contributed by atoms with van der Waals surface area (Å²) < 4.78 is 33.1. The van der Waals surface area contributed by atoms with Crippen LogP contribution in [0.5, 0.6) is 5.75 Å². The maximum atomic E-state index is 13.2. The van der Waals surface area contributed by atoms with Crippen molar-refractivity contribution < 1.29 is 23.1 Å². The van der Waals surface area contributed by atoms with E-state index in [1.54, 1.807) is 42.5 Å². The largest absolute Gasteiger partial charge is 0.494 e. The van der Waals surface area contributed by atoms with Crippen LogP contribution in [0.1, 0.15) is 24.5 Å². The Kier molecular flexibility index (Phi) is 5.23. The number of nitrogens with zero attached hydrogens (tertiary/aromatic N) is 1. The molecule has 2 aromatic carbocycles. The Hall–Kier alpha value is -2.80. The summed E-state index contributed by atoms with van der Waals surface area (Å²) in [4.78, 5) is 11.1. The van der Waals surface area contributed by atoms with Gasteiger partial charge >= 0.3 is 5.97 Å². The first kappa shape index (κ1) is 19.0. The number of benzene rings is 2. The van der Waals surface area contributed by atoms with Crippen LogP contribution in [-0.2, 0) is 21.2 Å². The molecular weight excluding hydrogens is 366 g/mol. The molecule has 1 aromatic heterocycles. The number of carboxylic acid groups (broad SMARTS) is 1. The fourth-order valence-electron chi connectivity index (χ4n) is 2.97. The van der Waals surface area contributed by atoms with Crippen LogP contribution in [0, 0.1) is 6.92 Å². The van der Waals surface area contributed by atoms with Crippen LogP contribution in [0.15, 0.2) is 53.6 Å². The number of carbonyl (C=O) groups is 1. The van der Waals surface area contributed by atoms with Crippen LogP contribution >= 0.6 is 0 Å². The van der Waals surface area contributed by atoms with Crippen LogP contribution in [-0.4, -0.2) is 30.1 Å². The van der Waals surface area contributed by atoms with Gasteiger partial charge in [0.1, 0.15) is 5.75 Å². The molecule has 0 fully saturated rings. The lowest BCUT2D eigenvalue weighted by atomic mass is 10.1. The molecule has 0 unspecified atom stereocenters. The number of hydrogen-bond donors (Lipinski definition) is 1. The van der Waals surface area contributed by atoms with Gasteiger partial charge in [0.05, 0.1) is 17.0 Å². The molecule has 0 radical (unpaired) electrons. The Morgan fingerprint density at radius 1 is 1.15 bits per heavy atom. The highest BCUT2D eigenvalue weighted by molar-refractivity contribution is 7.90. The number of aryl methyl sites for hydroxylation is 2. The van der Waals surface area contributed by atoms with Gasteiger partial charge in [-0.15, -0.1) is 0 Å². The van der Waals surface area contributed by atoms with Gasteiger partial charge in [0.2, 0.25) is 0 Å². The highest BCUT2D eigenvalue weighted by Crippen LogP contribution is 2.30. The van der Waals surface area contributed by atoms with E-state index in [4.69, 9.17) is 9.84 Å². The van der Waals surface area contributed by atoms with Gasteiger partial charge in [-0.1, -0.05) is 17.7 Å². The maximum Gasteiger partial charge on any atom is 0.303 e. The van der Waals surface area contributed by atoms with Gasteiger partial charge < -0.3 is 9.84 Å². The number of rotatable bonds is 7. The normalized spacial score (nSPS) is 11.6. The summed E-state index contributed by atoms with van der Waals surface area (Å²) in [6, 6.07) is 11.8. The third kappa shape index (κ3) is 3.83. The molecule has 6 nitrogen and oxygen atoms in total. The van der Waals surface area contributed by atoms with E-state index in [1.165, 1.54) is 10.2 Å². The molecule has 0 spiro atoms. The van der Waals surface area contributed by atoms with E-state index in [-0.39, 0.29) is 17.7 Å². The van der Waals surface area contributed by atoms with Gasteiger partial charge in [-0.2, -0.15) is 0 Å². The van der Waals surface area contributed by atoms with Crippen molar-refractivity contribution in [3.63, 3.8) is 0 Å². The summed E-state index contributed by atoms with van der Waals surface area (Å²) >= 11 is 0. The van der Waals surface area contributed by atoms with Gasteiger partial charge in [0.25, 0.3) is 10.0 Å². The summed E-state index contributed by atoms with van der Waals surface area (Å²) in [7, 11) is -3.82. The lowest BCUT2D eigenvalue weighted by molar-refractivity contribution is -0.136. The van der Waals surface area contributed by atoms with E-state index < -0.39 is 16.0 Å². The quantitative estimate of drug-likeness (QED) is 0.669. The third-order valence-electron chi connectivity index (χ3n) is 4.32.